The second-order valence-electron chi connectivity index (χ2n) is 7.44. The molecule has 2 atom stereocenters. The van der Waals surface area contributed by atoms with Crippen LogP contribution in [0.15, 0.2) is 30.9 Å². The smallest absolute Gasteiger partial charge is 0.317 e. The van der Waals surface area contributed by atoms with E-state index in [0.29, 0.717) is 38.5 Å². The van der Waals surface area contributed by atoms with Crippen molar-refractivity contribution in [2.24, 2.45) is 0 Å². The van der Waals surface area contributed by atoms with E-state index < -0.39 is 5.82 Å². The summed E-state index contributed by atoms with van der Waals surface area (Å²) in [6.07, 6.45) is 6.29. The molecule has 4 aromatic heterocycles. The van der Waals surface area contributed by atoms with Gasteiger partial charge in [-0.15, -0.1) is 0 Å². The maximum atomic E-state index is 13.7. The van der Waals surface area contributed by atoms with Gasteiger partial charge < -0.3 is 19.8 Å². The normalized spacial score (nSPS) is 13.5. The molecule has 0 aliphatic carbocycles. The Labute approximate surface area is 177 Å². The standard InChI is InChI=1S/C20H21ClFN7O/c1-10(26-20(30)28(3)4)11(2)29-9-16(21)15-8-25-18(27-19(15)29)14-7-24-17-13(14)5-12(22)6-23-17/h5-11H,1-4H3,(H,23,24)(H,26,30)/t10-,11-/m0/s1. The van der Waals surface area contributed by atoms with E-state index in [9.17, 15) is 9.18 Å². The van der Waals surface area contributed by atoms with Gasteiger partial charge in [-0.3, -0.25) is 0 Å². The van der Waals surface area contributed by atoms with Crippen molar-refractivity contribution in [2.75, 3.05) is 14.1 Å². The van der Waals surface area contributed by atoms with Crippen molar-refractivity contribution < 1.29 is 9.18 Å². The first-order valence-corrected chi connectivity index (χ1v) is 9.78. The third-order valence-corrected chi connectivity index (χ3v) is 5.48. The first-order valence-electron chi connectivity index (χ1n) is 9.40. The number of halogens is 2. The molecule has 4 aromatic rings. The zero-order valence-corrected chi connectivity index (χ0v) is 17.7. The number of hydrogen-bond acceptors (Lipinski definition) is 4. The van der Waals surface area contributed by atoms with Crippen LogP contribution in [0.4, 0.5) is 9.18 Å². The van der Waals surface area contributed by atoms with Crippen LogP contribution in [0.25, 0.3) is 33.5 Å². The minimum absolute atomic E-state index is 0.131. The Morgan fingerprint density at radius 1 is 1.27 bits per heavy atom. The summed E-state index contributed by atoms with van der Waals surface area (Å²) in [7, 11) is 3.38. The fraction of sp³-hybridized carbons (Fsp3) is 0.300. The molecule has 0 bridgehead atoms. The highest BCUT2D eigenvalue weighted by molar-refractivity contribution is 6.35. The number of urea groups is 1. The molecule has 4 heterocycles. The topological polar surface area (TPSA) is 91.7 Å². The summed E-state index contributed by atoms with van der Waals surface area (Å²) in [5, 5.41) is 4.76. The summed E-state index contributed by atoms with van der Waals surface area (Å²) in [5.41, 5.74) is 1.82. The molecule has 4 rings (SSSR count). The molecule has 30 heavy (non-hydrogen) atoms. The molecule has 2 N–H and O–H groups in total. The monoisotopic (exact) mass is 429 g/mol. The maximum Gasteiger partial charge on any atom is 0.317 e. The van der Waals surface area contributed by atoms with Crippen LogP contribution in [0.5, 0.6) is 0 Å². The highest BCUT2D eigenvalue weighted by atomic mass is 35.5. The lowest BCUT2D eigenvalue weighted by atomic mass is 10.1. The zero-order chi connectivity index (χ0) is 21.6. The summed E-state index contributed by atoms with van der Waals surface area (Å²) in [5.74, 6) is -0.00993. The number of rotatable bonds is 4. The minimum Gasteiger partial charge on any atom is -0.345 e. The van der Waals surface area contributed by atoms with E-state index >= 15 is 0 Å². The van der Waals surface area contributed by atoms with Crippen molar-refractivity contribution >= 4 is 39.7 Å². The van der Waals surface area contributed by atoms with Gasteiger partial charge in [-0.05, 0) is 19.9 Å². The predicted octanol–water partition coefficient (Wildman–Crippen LogP) is 3.99. The highest BCUT2D eigenvalue weighted by Crippen LogP contribution is 2.31. The lowest BCUT2D eigenvalue weighted by Crippen LogP contribution is -2.43. The number of fused-ring (bicyclic) bond motifs is 2. The number of carbonyl (C=O) groups excluding carboxylic acids is 1. The Kier molecular flexibility index (Phi) is 5.07. The predicted molar refractivity (Wildman–Crippen MR) is 114 cm³/mol. The van der Waals surface area contributed by atoms with Gasteiger partial charge in [0.2, 0.25) is 0 Å². The van der Waals surface area contributed by atoms with Crippen LogP contribution < -0.4 is 5.32 Å². The molecule has 0 radical (unpaired) electrons. The van der Waals surface area contributed by atoms with E-state index in [-0.39, 0.29) is 18.1 Å². The molecule has 0 aliphatic heterocycles. The van der Waals surface area contributed by atoms with Gasteiger partial charge in [0.15, 0.2) is 5.82 Å². The second-order valence-corrected chi connectivity index (χ2v) is 7.85. The summed E-state index contributed by atoms with van der Waals surface area (Å²) >= 11 is 6.41. The largest absolute Gasteiger partial charge is 0.345 e. The van der Waals surface area contributed by atoms with Crippen molar-refractivity contribution in [3.05, 3.63) is 41.7 Å². The molecule has 0 unspecified atom stereocenters. The molecule has 0 aromatic carbocycles. The van der Waals surface area contributed by atoms with E-state index in [1.165, 1.54) is 11.0 Å². The van der Waals surface area contributed by atoms with Crippen molar-refractivity contribution in [3.8, 4) is 11.4 Å². The molecular weight excluding hydrogens is 409 g/mol. The number of aromatic nitrogens is 5. The Morgan fingerprint density at radius 3 is 2.77 bits per heavy atom. The van der Waals surface area contributed by atoms with Crippen molar-refractivity contribution in [1.82, 2.24) is 34.7 Å². The first kappa shape index (κ1) is 20.1. The molecule has 0 fully saturated rings. The lowest BCUT2D eigenvalue weighted by molar-refractivity contribution is 0.210. The molecule has 2 amide bonds. The number of pyridine rings is 1. The number of H-pyrrole nitrogens is 1. The summed E-state index contributed by atoms with van der Waals surface area (Å²) < 4.78 is 15.6. The molecule has 8 nitrogen and oxygen atoms in total. The van der Waals surface area contributed by atoms with Gasteiger partial charge in [0.1, 0.15) is 17.1 Å². The van der Waals surface area contributed by atoms with E-state index in [0.717, 1.165) is 6.20 Å². The molecule has 0 aliphatic rings. The number of amides is 2. The van der Waals surface area contributed by atoms with E-state index in [1.54, 1.807) is 32.7 Å². The van der Waals surface area contributed by atoms with Crippen LogP contribution in [-0.2, 0) is 0 Å². The van der Waals surface area contributed by atoms with E-state index in [4.69, 9.17) is 16.6 Å². The number of nitrogens with zero attached hydrogens (tertiary/aromatic N) is 5. The molecule has 0 spiro atoms. The van der Waals surface area contributed by atoms with E-state index in [2.05, 4.69) is 20.3 Å². The van der Waals surface area contributed by atoms with Gasteiger partial charge in [0.25, 0.3) is 0 Å². The number of nitrogens with one attached hydrogen (secondary N) is 2. The van der Waals surface area contributed by atoms with Gasteiger partial charge in [0.05, 0.1) is 22.6 Å². The highest BCUT2D eigenvalue weighted by Gasteiger charge is 2.22. The fourth-order valence-electron chi connectivity index (χ4n) is 3.28. The van der Waals surface area contributed by atoms with Crippen molar-refractivity contribution in [3.63, 3.8) is 0 Å². The Balaban J connectivity index is 1.77. The van der Waals surface area contributed by atoms with Crippen LogP contribution in [0, 0.1) is 5.82 Å². The van der Waals surface area contributed by atoms with Gasteiger partial charge in [-0.25, -0.2) is 24.1 Å². The maximum absolute atomic E-state index is 13.7. The van der Waals surface area contributed by atoms with Gasteiger partial charge in [0, 0.05) is 49.7 Å². The molecule has 156 valence electrons. The Morgan fingerprint density at radius 2 is 2.03 bits per heavy atom. The van der Waals surface area contributed by atoms with E-state index in [1.807, 2.05) is 18.4 Å². The lowest BCUT2D eigenvalue weighted by Gasteiger charge is -2.25. The van der Waals surface area contributed by atoms with Gasteiger partial charge in [-0.2, -0.15) is 0 Å². The first-order chi connectivity index (χ1) is 14.3. The van der Waals surface area contributed by atoms with Crippen molar-refractivity contribution in [2.45, 2.75) is 25.9 Å². The third kappa shape index (κ3) is 3.45. The van der Waals surface area contributed by atoms with Crippen molar-refractivity contribution in [1.29, 1.82) is 0 Å². The molecular formula is C20H21ClFN7O. The zero-order valence-electron chi connectivity index (χ0n) is 16.9. The average molecular weight is 430 g/mol. The fourth-order valence-corrected chi connectivity index (χ4v) is 3.52. The van der Waals surface area contributed by atoms with Crippen LogP contribution in [0.1, 0.15) is 19.9 Å². The van der Waals surface area contributed by atoms with Crippen LogP contribution in [0.3, 0.4) is 0 Å². The van der Waals surface area contributed by atoms with Crippen LogP contribution >= 0.6 is 11.6 Å². The Hall–Kier alpha value is -3.20. The summed E-state index contributed by atoms with van der Waals surface area (Å²) in [4.78, 5) is 29.7. The summed E-state index contributed by atoms with van der Waals surface area (Å²) in [6, 6.07) is 0.903. The molecule has 0 saturated heterocycles. The number of carbonyl (C=O) groups is 1. The number of aromatic amines is 1. The third-order valence-electron chi connectivity index (χ3n) is 5.18. The SMILES string of the molecule is C[C@H](NC(=O)N(C)C)[C@H](C)n1cc(Cl)c2cnc(-c3c[nH]c4ncc(F)cc34)nc21. The molecule has 10 heteroatoms. The Bertz CT molecular complexity index is 1250. The minimum atomic E-state index is -0.435. The molecule has 0 saturated carbocycles. The second kappa shape index (κ2) is 7.56. The van der Waals surface area contributed by atoms with Crippen LogP contribution in [0.2, 0.25) is 5.02 Å². The average Bonchev–Trinajstić information content (AvgIpc) is 3.27. The number of hydrogen-bond donors (Lipinski definition) is 2. The van der Waals surface area contributed by atoms with Crippen LogP contribution in [-0.4, -0.2) is 55.6 Å². The van der Waals surface area contributed by atoms with Gasteiger partial charge in [-0.1, -0.05) is 11.6 Å². The summed E-state index contributed by atoms with van der Waals surface area (Å²) in [6.45, 7) is 3.89. The van der Waals surface area contributed by atoms with Gasteiger partial charge >= 0.3 is 6.03 Å². The quantitative estimate of drug-likeness (QED) is 0.513.